The van der Waals surface area contributed by atoms with E-state index >= 15 is 0 Å². The van der Waals surface area contributed by atoms with Crippen LogP contribution in [0.2, 0.25) is 5.28 Å². The molecule has 2 N–H and O–H groups in total. The third kappa shape index (κ3) is 5.28. The molecule has 0 aliphatic carbocycles. The summed E-state index contributed by atoms with van der Waals surface area (Å²) in [5.74, 6) is 1.16. The van der Waals surface area contributed by atoms with E-state index in [-0.39, 0.29) is 17.7 Å². The number of rotatable bonds is 8. The third-order valence-corrected chi connectivity index (χ3v) is 4.51. The number of aryl methyl sites for hydroxylation is 1. The van der Waals surface area contributed by atoms with E-state index in [1.807, 2.05) is 12.1 Å². The summed E-state index contributed by atoms with van der Waals surface area (Å²) in [6, 6.07) is 3.73. The van der Waals surface area contributed by atoms with Gasteiger partial charge in [0.25, 0.3) is 0 Å². The number of hydrogen-bond donors (Lipinski definition) is 2. The fourth-order valence-corrected chi connectivity index (χ4v) is 2.95. The highest BCUT2D eigenvalue weighted by molar-refractivity contribution is 6.28. The Morgan fingerprint density at radius 2 is 2.19 bits per heavy atom. The zero-order valence-electron chi connectivity index (χ0n) is 14.6. The highest BCUT2D eigenvalue weighted by Gasteiger charge is 2.17. The number of aliphatic hydroxyl groups is 1. The predicted octanol–water partition coefficient (Wildman–Crippen LogP) is 1.08. The smallest absolute Gasteiger partial charge is 0.383 e. The average Bonchev–Trinajstić information content (AvgIpc) is 3.07. The second-order valence-electron chi connectivity index (χ2n) is 6.16. The molecule has 2 aromatic heterocycles. The van der Waals surface area contributed by atoms with Gasteiger partial charge in [-0.2, -0.15) is 0 Å². The quantitative estimate of drug-likeness (QED) is 0.502. The number of pyridine rings is 1. The Morgan fingerprint density at radius 3 is 2.81 bits per heavy atom. The first-order valence-electron chi connectivity index (χ1n) is 8.62. The Hall–Kier alpha value is -2.43. The summed E-state index contributed by atoms with van der Waals surface area (Å²) >= 11 is 5.84. The maximum absolute atomic E-state index is 10.7. The molecule has 1 atom stereocenters. The molecule has 11 heteroatoms. The number of nitrogens with one attached hydrogen (secondary N) is 1. The lowest BCUT2D eigenvalue weighted by molar-refractivity contribution is -0.389. The zero-order chi connectivity index (χ0) is 19.2. The van der Waals surface area contributed by atoms with Crippen LogP contribution < -0.4 is 15.0 Å². The maximum atomic E-state index is 10.7. The summed E-state index contributed by atoms with van der Waals surface area (Å²) < 4.78 is 6.99. The van der Waals surface area contributed by atoms with Crippen molar-refractivity contribution in [2.45, 2.75) is 19.1 Å². The van der Waals surface area contributed by atoms with E-state index in [1.54, 1.807) is 6.20 Å². The van der Waals surface area contributed by atoms with Crippen LogP contribution in [0, 0.1) is 10.1 Å². The minimum Gasteiger partial charge on any atom is -0.489 e. The Morgan fingerprint density at radius 1 is 1.41 bits per heavy atom. The van der Waals surface area contributed by atoms with Crippen LogP contribution in [0.5, 0.6) is 5.75 Å². The largest absolute Gasteiger partial charge is 0.489 e. The van der Waals surface area contributed by atoms with Crippen molar-refractivity contribution in [3.05, 3.63) is 39.9 Å². The highest BCUT2D eigenvalue weighted by Crippen LogP contribution is 2.18. The number of anilines is 1. The first-order valence-corrected chi connectivity index (χ1v) is 9.00. The summed E-state index contributed by atoms with van der Waals surface area (Å²) in [7, 11) is 0. The van der Waals surface area contributed by atoms with Gasteiger partial charge in [-0.3, -0.25) is 4.57 Å². The summed E-state index contributed by atoms with van der Waals surface area (Å²) in [6.07, 6.45) is 2.45. The van der Waals surface area contributed by atoms with Gasteiger partial charge in [-0.25, -0.2) is 4.98 Å². The van der Waals surface area contributed by atoms with E-state index in [0.29, 0.717) is 18.7 Å². The molecule has 2 aromatic rings. The molecule has 1 unspecified atom stereocenters. The maximum Gasteiger partial charge on any atom is 0.383 e. The van der Waals surface area contributed by atoms with Crippen molar-refractivity contribution in [2.24, 2.45) is 0 Å². The van der Waals surface area contributed by atoms with Gasteiger partial charge in [-0.05, 0) is 40.1 Å². The SMILES string of the molecule is O=[N+]([O-])c1cn(CCC(O)COc2ccc(N3CCNCC3)nc2)c(Cl)n1. The van der Waals surface area contributed by atoms with Crippen molar-refractivity contribution in [1.29, 1.82) is 0 Å². The number of halogens is 1. The minimum atomic E-state index is -0.754. The van der Waals surface area contributed by atoms with Crippen molar-refractivity contribution in [3.63, 3.8) is 0 Å². The van der Waals surface area contributed by atoms with E-state index in [0.717, 1.165) is 32.0 Å². The Kier molecular flexibility index (Phi) is 6.43. The molecular weight excluding hydrogens is 376 g/mol. The molecule has 1 aliphatic rings. The second kappa shape index (κ2) is 8.98. The molecule has 1 fully saturated rings. The molecule has 27 heavy (non-hydrogen) atoms. The van der Waals surface area contributed by atoms with Crippen molar-refractivity contribution >= 4 is 23.2 Å². The summed E-state index contributed by atoms with van der Waals surface area (Å²) in [4.78, 5) is 20.3. The van der Waals surface area contributed by atoms with Gasteiger partial charge >= 0.3 is 11.1 Å². The third-order valence-electron chi connectivity index (χ3n) is 4.21. The van der Waals surface area contributed by atoms with Gasteiger partial charge in [-0.15, -0.1) is 0 Å². The lowest BCUT2D eigenvalue weighted by Crippen LogP contribution is -2.43. The van der Waals surface area contributed by atoms with Crippen LogP contribution in [-0.4, -0.2) is 63.5 Å². The molecule has 0 saturated carbocycles. The van der Waals surface area contributed by atoms with E-state index in [1.165, 1.54) is 10.8 Å². The van der Waals surface area contributed by atoms with E-state index in [2.05, 4.69) is 20.2 Å². The van der Waals surface area contributed by atoms with Crippen molar-refractivity contribution < 1.29 is 14.8 Å². The molecule has 1 saturated heterocycles. The van der Waals surface area contributed by atoms with Gasteiger partial charge < -0.3 is 30.2 Å². The topological polar surface area (TPSA) is 119 Å². The number of piperazine rings is 1. The van der Waals surface area contributed by atoms with Crippen molar-refractivity contribution in [3.8, 4) is 5.75 Å². The van der Waals surface area contributed by atoms with Crippen LogP contribution in [-0.2, 0) is 6.54 Å². The van der Waals surface area contributed by atoms with Gasteiger partial charge in [0, 0.05) is 32.7 Å². The fourth-order valence-electron chi connectivity index (χ4n) is 2.73. The number of nitro groups is 1. The van der Waals surface area contributed by atoms with E-state index in [9.17, 15) is 15.2 Å². The van der Waals surface area contributed by atoms with Crippen LogP contribution in [0.25, 0.3) is 0 Å². The minimum absolute atomic E-state index is 0.0162. The van der Waals surface area contributed by atoms with Gasteiger partial charge in [0.1, 0.15) is 24.4 Å². The Labute approximate surface area is 160 Å². The van der Waals surface area contributed by atoms with E-state index < -0.39 is 11.0 Å². The second-order valence-corrected chi connectivity index (χ2v) is 6.50. The normalized spacial score (nSPS) is 15.6. The van der Waals surface area contributed by atoms with Gasteiger partial charge in [0.05, 0.1) is 12.3 Å². The standard InChI is InChI=1S/C16H21ClN6O4/c17-16-20-15(23(25)26)10-22(16)6-3-12(24)11-27-13-1-2-14(19-9-13)21-7-4-18-5-8-21/h1-2,9-10,12,18,24H,3-8,11H2. The first-order chi connectivity index (χ1) is 13.0. The molecule has 1 aliphatic heterocycles. The molecule has 3 heterocycles. The molecule has 10 nitrogen and oxygen atoms in total. The van der Waals surface area contributed by atoms with Crippen LogP contribution in [0.1, 0.15) is 6.42 Å². The van der Waals surface area contributed by atoms with Gasteiger partial charge in [0.2, 0.25) is 0 Å². The number of hydrogen-bond acceptors (Lipinski definition) is 8. The molecule has 146 valence electrons. The number of ether oxygens (including phenoxy) is 1. The molecule has 0 amide bonds. The van der Waals surface area contributed by atoms with Crippen molar-refractivity contribution in [2.75, 3.05) is 37.7 Å². The van der Waals surface area contributed by atoms with Crippen LogP contribution in [0.3, 0.4) is 0 Å². The highest BCUT2D eigenvalue weighted by atomic mass is 35.5. The fraction of sp³-hybridized carbons (Fsp3) is 0.500. The predicted molar refractivity (Wildman–Crippen MR) is 99.3 cm³/mol. The van der Waals surface area contributed by atoms with Crippen molar-refractivity contribution in [1.82, 2.24) is 19.9 Å². The van der Waals surface area contributed by atoms with Crippen LogP contribution in [0.15, 0.2) is 24.5 Å². The monoisotopic (exact) mass is 396 g/mol. The number of aliphatic hydroxyl groups excluding tert-OH is 1. The summed E-state index contributed by atoms with van der Waals surface area (Å²) in [6.45, 7) is 4.10. The van der Waals surface area contributed by atoms with Gasteiger partial charge in [-0.1, -0.05) is 0 Å². The zero-order valence-corrected chi connectivity index (χ0v) is 15.4. The molecule has 0 bridgehead atoms. The first kappa shape index (κ1) is 19.3. The lowest BCUT2D eigenvalue weighted by Gasteiger charge is -2.28. The van der Waals surface area contributed by atoms with Crippen LogP contribution in [0.4, 0.5) is 11.6 Å². The molecule has 0 radical (unpaired) electrons. The van der Waals surface area contributed by atoms with Gasteiger partial charge in [0.15, 0.2) is 0 Å². The van der Waals surface area contributed by atoms with Crippen LogP contribution >= 0.6 is 11.6 Å². The molecule has 0 spiro atoms. The molecule has 0 aromatic carbocycles. The molecule has 3 rings (SSSR count). The number of nitrogens with zero attached hydrogens (tertiary/aromatic N) is 5. The number of imidazole rings is 1. The average molecular weight is 397 g/mol. The van der Waals surface area contributed by atoms with E-state index in [4.69, 9.17) is 16.3 Å². The Balaban J connectivity index is 1.44. The number of aromatic nitrogens is 3. The Bertz CT molecular complexity index is 763. The molecular formula is C16H21ClN6O4. The summed E-state index contributed by atoms with van der Waals surface area (Å²) in [5, 5.41) is 24.1. The summed E-state index contributed by atoms with van der Waals surface area (Å²) in [5.41, 5.74) is 0. The lowest BCUT2D eigenvalue weighted by atomic mass is 10.2.